The highest BCUT2D eigenvalue weighted by atomic mass is 35.5. The van der Waals surface area contributed by atoms with E-state index in [0.717, 1.165) is 41.1 Å². The van der Waals surface area contributed by atoms with Crippen molar-refractivity contribution in [1.82, 2.24) is 14.9 Å². The third-order valence-electron chi connectivity index (χ3n) is 6.06. The zero-order valence-electron chi connectivity index (χ0n) is 18.3. The molecular formula is C26H25ClN4O2. The number of nitrogens with zero attached hydrogens (tertiary/aromatic N) is 2. The van der Waals surface area contributed by atoms with Crippen LogP contribution in [-0.4, -0.2) is 47.1 Å². The molecule has 6 nitrogen and oxygen atoms in total. The molecular weight excluding hydrogens is 436 g/mol. The first-order chi connectivity index (χ1) is 16.1. The maximum Gasteiger partial charge on any atom is 0.257 e. The summed E-state index contributed by atoms with van der Waals surface area (Å²) in [5.74, 6) is -0.233. The Hall–Kier alpha value is -3.19. The Labute approximate surface area is 197 Å². The molecule has 33 heavy (non-hydrogen) atoms. The molecule has 7 heteroatoms. The van der Waals surface area contributed by atoms with Crippen molar-refractivity contribution in [2.24, 2.45) is 0 Å². The van der Waals surface area contributed by atoms with Crippen LogP contribution in [-0.2, 0) is 4.74 Å². The van der Waals surface area contributed by atoms with E-state index in [1.807, 2.05) is 42.6 Å². The number of aromatic nitrogens is 2. The summed E-state index contributed by atoms with van der Waals surface area (Å²) in [4.78, 5) is 23.5. The predicted octanol–water partition coefficient (Wildman–Crippen LogP) is 5.20. The number of nitrogens with one attached hydrogen (secondary N) is 2. The van der Waals surface area contributed by atoms with Crippen molar-refractivity contribution < 1.29 is 9.53 Å². The number of halogens is 1. The molecule has 0 aliphatic carbocycles. The van der Waals surface area contributed by atoms with Gasteiger partial charge in [0.15, 0.2) is 0 Å². The van der Waals surface area contributed by atoms with E-state index >= 15 is 0 Å². The van der Waals surface area contributed by atoms with Gasteiger partial charge in [0.05, 0.1) is 35.5 Å². The molecule has 2 aromatic carbocycles. The Morgan fingerprint density at radius 1 is 1.12 bits per heavy atom. The van der Waals surface area contributed by atoms with E-state index in [-0.39, 0.29) is 11.9 Å². The van der Waals surface area contributed by atoms with E-state index < -0.39 is 0 Å². The number of hydrogen-bond acceptors (Lipinski definition) is 4. The smallest absolute Gasteiger partial charge is 0.257 e. The second-order valence-corrected chi connectivity index (χ2v) is 8.57. The fourth-order valence-electron chi connectivity index (χ4n) is 4.51. The van der Waals surface area contributed by atoms with Crippen LogP contribution in [0.3, 0.4) is 0 Å². The van der Waals surface area contributed by atoms with E-state index in [4.69, 9.17) is 21.3 Å². The molecule has 0 radical (unpaired) electrons. The van der Waals surface area contributed by atoms with Crippen LogP contribution < -0.4 is 5.32 Å². The second kappa shape index (κ2) is 9.35. The summed E-state index contributed by atoms with van der Waals surface area (Å²) in [6.45, 7) is 5.15. The van der Waals surface area contributed by atoms with Crippen LogP contribution in [0.15, 0.2) is 66.9 Å². The number of benzene rings is 2. The van der Waals surface area contributed by atoms with Gasteiger partial charge in [-0.15, -0.1) is 0 Å². The normalized spacial score (nSPS) is 15.5. The highest BCUT2D eigenvalue weighted by Crippen LogP contribution is 2.37. The average molecular weight is 461 g/mol. The number of aromatic amines is 1. The molecule has 2 N–H and O–H groups in total. The van der Waals surface area contributed by atoms with Gasteiger partial charge in [-0.1, -0.05) is 29.8 Å². The highest BCUT2D eigenvalue weighted by Gasteiger charge is 2.29. The zero-order valence-corrected chi connectivity index (χ0v) is 19.1. The fraction of sp³-hybridized carbons (Fsp3) is 0.231. The number of pyridine rings is 1. The van der Waals surface area contributed by atoms with Gasteiger partial charge < -0.3 is 15.0 Å². The zero-order chi connectivity index (χ0) is 22.8. The first-order valence-corrected chi connectivity index (χ1v) is 11.4. The Morgan fingerprint density at radius 2 is 1.91 bits per heavy atom. The molecule has 1 atom stereocenters. The third kappa shape index (κ3) is 4.37. The van der Waals surface area contributed by atoms with Crippen LogP contribution in [0.1, 0.15) is 33.4 Å². The van der Waals surface area contributed by atoms with Gasteiger partial charge in [-0.3, -0.25) is 14.7 Å². The molecule has 1 aliphatic heterocycles. The monoisotopic (exact) mass is 460 g/mol. The molecule has 1 aliphatic rings. The number of morpholine rings is 1. The summed E-state index contributed by atoms with van der Waals surface area (Å²) < 4.78 is 5.61. The Kier molecular flexibility index (Phi) is 6.13. The number of rotatable bonds is 5. The molecule has 1 saturated heterocycles. The van der Waals surface area contributed by atoms with E-state index in [9.17, 15) is 4.79 Å². The summed E-state index contributed by atoms with van der Waals surface area (Å²) in [6.07, 6.45) is 1.84. The van der Waals surface area contributed by atoms with Crippen LogP contribution in [0.25, 0.3) is 10.9 Å². The number of anilines is 1. The summed E-state index contributed by atoms with van der Waals surface area (Å²) in [7, 11) is 0. The van der Waals surface area contributed by atoms with Gasteiger partial charge in [0.2, 0.25) is 0 Å². The first kappa shape index (κ1) is 21.6. The lowest BCUT2D eigenvalue weighted by Crippen LogP contribution is -2.40. The molecule has 1 unspecified atom stereocenters. The first-order valence-electron chi connectivity index (χ1n) is 11.0. The number of hydrogen-bond donors (Lipinski definition) is 2. The molecule has 4 aromatic rings. The molecule has 2 aromatic heterocycles. The Balaban J connectivity index is 1.56. The Morgan fingerprint density at radius 3 is 2.67 bits per heavy atom. The second-order valence-electron chi connectivity index (χ2n) is 8.16. The minimum Gasteiger partial charge on any atom is -0.379 e. The van der Waals surface area contributed by atoms with E-state index in [0.29, 0.717) is 23.8 Å². The lowest BCUT2D eigenvalue weighted by molar-refractivity contribution is 0.0234. The van der Waals surface area contributed by atoms with E-state index in [1.54, 1.807) is 18.2 Å². The predicted molar refractivity (Wildman–Crippen MR) is 131 cm³/mol. The fourth-order valence-corrected chi connectivity index (χ4v) is 4.73. The number of H-pyrrole nitrogens is 1. The van der Waals surface area contributed by atoms with Crippen molar-refractivity contribution in [3.8, 4) is 0 Å². The topological polar surface area (TPSA) is 70.2 Å². The van der Waals surface area contributed by atoms with Crippen molar-refractivity contribution in [3.63, 3.8) is 0 Å². The van der Waals surface area contributed by atoms with Gasteiger partial charge in [-0.05, 0) is 49.4 Å². The van der Waals surface area contributed by atoms with Crippen LogP contribution in [0, 0.1) is 6.92 Å². The molecule has 3 heterocycles. The minimum absolute atomic E-state index is 0.0154. The SMILES string of the molecule is Cc1[nH]c2ccc(NC(=O)c3ccccc3Cl)cc2c1C(c1ccccn1)N1CCOCC1. The number of fused-ring (bicyclic) bond motifs is 1. The molecule has 0 bridgehead atoms. The minimum atomic E-state index is -0.233. The highest BCUT2D eigenvalue weighted by molar-refractivity contribution is 6.34. The molecule has 0 saturated carbocycles. The number of ether oxygens (including phenoxy) is 1. The largest absolute Gasteiger partial charge is 0.379 e. The maximum absolute atomic E-state index is 12.8. The van der Waals surface area contributed by atoms with Crippen molar-refractivity contribution in [1.29, 1.82) is 0 Å². The standard InChI is InChI=1S/C26H25ClN4O2/c1-17-24(25(23-8-4-5-11-28-23)31-12-14-33-15-13-31)20-16-18(9-10-22(20)29-17)30-26(32)19-6-2-3-7-21(19)27/h2-11,16,25,29H,12-15H2,1H3,(H,30,32). The number of amides is 1. The summed E-state index contributed by atoms with van der Waals surface area (Å²) >= 11 is 6.22. The maximum atomic E-state index is 12.8. The average Bonchev–Trinajstić information content (AvgIpc) is 3.16. The van der Waals surface area contributed by atoms with Crippen molar-refractivity contribution in [2.75, 3.05) is 31.6 Å². The summed E-state index contributed by atoms with van der Waals surface area (Å²) in [5.41, 5.74) is 5.43. The van der Waals surface area contributed by atoms with Gasteiger partial charge in [-0.2, -0.15) is 0 Å². The molecule has 1 amide bonds. The van der Waals surface area contributed by atoms with Gasteiger partial charge in [0.1, 0.15) is 0 Å². The van der Waals surface area contributed by atoms with Crippen molar-refractivity contribution in [2.45, 2.75) is 13.0 Å². The van der Waals surface area contributed by atoms with Crippen LogP contribution in [0.4, 0.5) is 5.69 Å². The van der Waals surface area contributed by atoms with Crippen molar-refractivity contribution in [3.05, 3.63) is 94.4 Å². The van der Waals surface area contributed by atoms with Crippen LogP contribution in [0.5, 0.6) is 0 Å². The van der Waals surface area contributed by atoms with Gasteiger partial charge in [0, 0.05) is 47.1 Å². The molecule has 5 rings (SSSR count). The van der Waals surface area contributed by atoms with Crippen molar-refractivity contribution >= 4 is 34.1 Å². The van der Waals surface area contributed by atoms with Gasteiger partial charge >= 0.3 is 0 Å². The number of carbonyl (C=O) groups is 1. The van der Waals surface area contributed by atoms with Gasteiger partial charge in [-0.25, -0.2) is 0 Å². The quantitative estimate of drug-likeness (QED) is 0.429. The lowest BCUT2D eigenvalue weighted by Gasteiger charge is -2.34. The van der Waals surface area contributed by atoms with E-state index in [1.165, 1.54) is 5.56 Å². The third-order valence-corrected chi connectivity index (χ3v) is 6.39. The summed E-state index contributed by atoms with van der Waals surface area (Å²) in [6, 6.07) is 19.0. The van der Waals surface area contributed by atoms with Crippen LogP contribution >= 0.6 is 11.6 Å². The van der Waals surface area contributed by atoms with E-state index in [2.05, 4.69) is 28.2 Å². The molecule has 1 fully saturated rings. The number of carbonyl (C=O) groups excluding carboxylic acids is 1. The number of aryl methyl sites for hydroxylation is 1. The molecule has 168 valence electrons. The van der Waals surface area contributed by atoms with Crippen LogP contribution in [0.2, 0.25) is 5.02 Å². The Bertz CT molecular complexity index is 1280. The van der Waals surface area contributed by atoms with Gasteiger partial charge in [0.25, 0.3) is 5.91 Å². The molecule has 0 spiro atoms. The summed E-state index contributed by atoms with van der Waals surface area (Å²) in [5, 5.41) is 4.49. The lowest BCUT2D eigenvalue weighted by atomic mass is 9.97.